The Kier molecular flexibility index (Phi) is 20.2. The van der Waals surface area contributed by atoms with Gasteiger partial charge in [0, 0.05) is 25.8 Å². The first kappa shape index (κ1) is 9.15. The molecule has 0 aromatic heterocycles. The normalized spacial score (nSPS) is 4.25. The van der Waals surface area contributed by atoms with E-state index in [-0.39, 0.29) is 25.8 Å². The predicted octanol–water partition coefficient (Wildman–Crippen LogP) is 0.969. The summed E-state index contributed by atoms with van der Waals surface area (Å²) in [7, 11) is 0. The molecule has 0 saturated heterocycles. The summed E-state index contributed by atoms with van der Waals surface area (Å²) in [4.78, 5) is 0. The Balaban J connectivity index is 0. The molecule has 0 aromatic carbocycles. The summed E-state index contributed by atoms with van der Waals surface area (Å²) in [5, 5.41) is 0. The van der Waals surface area contributed by atoms with Gasteiger partial charge in [-0.1, -0.05) is 0 Å². The van der Waals surface area contributed by atoms with Crippen LogP contribution in [0.5, 0.6) is 0 Å². The summed E-state index contributed by atoms with van der Waals surface area (Å²) >= 11 is 1.52. The summed E-state index contributed by atoms with van der Waals surface area (Å²) < 4.78 is 1.36. The van der Waals surface area contributed by atoms with E-state index in [0.717, 1.165) is 0 Å². The molecule has 0 bridgehead atoms. The molecule has 0 radical (unpaired) electrons. The molecule has 22 valence electrons. The minimum atomic E-state index is 0. The molecule has 0 fully saturated rings. The van der Waals surface area contributed by atoms with Crippen LogP contribution in [0.1, 0.15) is 6.92 Å². The number of hydrogen-bond acceptors (Lipinski definition) is 0. The summed E-state index contributed by atoms with van der Waals surface area (Å²) in [6, 6.07) is 0. The van der Waals surface area contributed by atoms with Crippen molar-refractivity contribution in [2.45, 2.75) is 11.6 Å². The third kappa shape index (κ3) is 9.49. The second-order valence-corrected chi connectivity index (χ2v) is 2.59. The summed E-state index contributed by atoms with van der Waals surface area (Å²) in [5.74, 6) is 0. The van der Waals surface area contributed by atoms with Gasteiger partial charge in [-0.15, -0.1) is 0 Å². The molecule has 2 heteroatoms. The van der Waals surface area contributed by atoms with Gasteiger partial charge in [0.1, 0.15) is 0 Å². The van der Waals surface area contributed by atoms with Crippen LogP contribution in [0.15, 0.2) is 0 Å². The molecule has 0 N–H and O–H groups in total. The van der Waals surface area contributed by atoms with E-state index in [9.17, 15) is 0 Å². The SMILES string of the molecule is C[CH2][Ta].[Hf]. The van der Waals surface area contributed by atoms with Gasteiger partial charge in [-0.25, -0.2) is 0 Å². The van der Waals surface area contributed by atoms with Crippen LogP contribution in [0.3, 0.4) is 0 Å². The van der Waals surface area contributed by atoms with Crippen molar-refractivity contribution in [1.82, 2.24) is 0 Å². The Morgan fingerprint density at radius 3 is 1.75 bits per heavy atom. The summed E-state index contributed by atoms with van der Waals surface area (Å²) in [6.45, 7) is 2.17. The van der Waals surface area contributed by atoms with Crippen LogP contribution in [0.25, 0.3) is 0 Å². The third-order valence-corrected chi connectivity index (χ3v) is 0. The van der Waals surface area contributed by atoms with Crippen LogP contribution >= 0.6 is 0 Å². The first-order chi connectivity index (χ1) is 1.41. The fourth-order valence-electron chi connectivity index (χ4n) is 0. The van der Waals surface area contributed by atoms with Gasteiger partial charge in [0.15, 0.2) is 0 Å². The van der Waals surface area contributed by atoms with Crippen molar-refractivity contribution in [3.8, 4) is 0 Å². The quantitative estimate of drug-likeness (QED) is 0.543. The Labute approximate surface area is 58.0 Å². The molecule has 0 unspecified atom stereocenters. The molecule has 0 atom stereocenters. The van der Waals surface area contributed by atoms with Crippen molar-refractivity contribution in [1.29, 1.82) is 0 Å². The van der Waals surface area contributed by atoms with Crippen LogP contribution in [0, 0.1) is 0 Å². The van der Waals surface area contributed by atoms with Crippen molar-refractivity contribution < 1.29 is 46.9 Å². The largest absolute Gasteiger partial charge is 0 e. The van der Waals surface area contributed by atoms with E-state index in [0.29, 0.717) is 0 Å². The topological polar surface area (TPSA) is 0 Å². The Hall–Kier alpha value is 1.61. The van der Waals surface area contributed by atoms with Crippen molar-refractivity contribution in [2.75, 3.05) is 0 Å². The maximum Gasteiger partial charge on any atom is 0 e. The second kappa shape index (κ2) is 8.82. The summed E-state index contributed by atoms with van der Waals surface area (Å²) in [5.41, 5.74) is 0. The van der Waals surface area contributed by atoms with Gasteiger partial charge >= 0.3 is 32.6 Å². The molecule has 0 saturated carbocycles. The maximum atomic E-state index is 2.17. The molecule has 0 rings (SSSR count). The van der Waals surface area contributed by atoms with E-state index in [2.05, 4.69) is 6.92 Å². The zero-order valence-corrected chi connectivity index (χ0v) is 9.46. The molecule has 4 heavy (non-hydrogen) atoms. The van der Waals surface area contributed by atoms with E-state index in [1.807, 2.05) is 0 Å². The average Bonchev–Trinajstić information content (AvgIpc) is 0.918. The van der Waals surface area contributed by atoms with Crippen molar-refractivity contribution in [3.63, 3.8) is 0 Å². The average molecular weight is 388 g/mol. The molecular weight excluding hydrogens is 383 g/mol. The monoisotopic (exact) mass is 390 g/mol. The van der Waals surface area contributed by atoms with Crippen LogP contribution in [0.2, 0.25) is 4.64 Å². The van der Waals surface area contributed by atoms with Gasteiger partial charge in [-0.05, 0) is 0 Å². The minimum absolute atomic E-state index is 0. The van der Waals surface area contributed by atoms with E-state index in [4.69, 9.17) is 0 Å². The van der Waals surface area contributed by atoms with Gasteiger partial charge < -0.3 is 0 Å². The van der Waals surface area contributed by atoms with Crippen LogP contribution in [-0.4, -0.2) is 0 Å². The molecule has 0 heterocycles. The molecule has 0 spiro atoms. The van der Waals surface area contributed by atoms with Gasteiger partial charge in [0.25, 0.3) is 0 Å². The molecule has 0 nitrogen and oxygen atoms in total. The fourth-order valence-corrected chi connectivity index (χ4v) is 0. The fraction of sp³-hybridized carbons (Fsp3) is 1.00. The minimum Gasteiger partial charge on any atom is 0 e. The van der Waals surface area contributed by atoms with E-state index in [1.54, 1.807) is 0 Å². The van der Waals surface area contributed by atoms with E-state index < -0.39 is 0 Å². The molecule has 0 aromatic rings. The van der Waals surface area contributed by atoms with Crippen LogP contribution in [-0.2, 0) is 46.9 Å². The van der Waals surface area contributed by atoms with Crippen molar-refractivity contribution in [3.05, 3.63) is 0 Å². The van der Waals surface area contributed by atoms with Gasteiger partial charge in [-0.2, -0.15) is 0 Å². The van der Waals surface area contributed by atoms with E-state index >= 15 is 0 Å². The number of hydrogen-bond donors (Lipinski definition) is 0. The van der Waals surface area contributed by atoms with E-state index in [1.165, 1.54) is 25.7 Å². The Morgan fingerprint density at radius 2 is 1.75 bits per heavy atom. The van der Waals surface area contributed by atoms with Crippen LogP contribution < -0.4 is 0 Å². The van der Waals surface area contributed by atoms with Crippen LogP contribution in [0.4, 0.5) is 0 Å². The number of rotatable bonds is 0. The third-order valence-electron chi connectivity index (χ3n) is 0. The summed E-state index contributed by atoms with van der Waals surface area (Å²) in [6.07, 6.45) is 0. The van der Waals surface area contributed by atoms with Gasteiger partial charge in [-0.3, -0.25) is 0 Å². The standard InChI is InChI=1S/C2H5.Hf.Ta/c1-2;;/h1H2,2H3;;. The van der Waals surface area contributed by atoms with Crippen molar-refractivity contribution >= 4 is 0 Å². The molecular formula is C2H5HfTa. The molecule has 0 amide bonds. The molecule has 0 aliphatic rings. The molecule has 0 aliphatic heterocycles. The first-order valence-corrected chi connectivity index (χ1v) is 3.30. The Morgan fingerprint density at radius 1 is 1.75 bits per heavy atom. The predicted molar refractivity (Wildman–Crippen MR) is 10.5 cm³/mol. The smallest absolute Gasteiger partial charge is 0 e. The van der Waals surface area contributed by atoms with Gasteiger partial charge in [0.2, 0.25) is 0 Å². The second-order valence-electron chi connectivity index (χ2n) is 0.316. The Bertz CT molecular complexity index is 6.00. The van der Waals surface area contributed by atoms with Crippen molar-refractivity contribution in [2.24, 2.45) is 0 Å². The zero-order valence-electron chi connectivity index (χ0n) is 2.65. The molecule has 0 aliphatic carbocycles. The zero-order chi connectivity index (χ0) is 2.71. The first-order valence-electron chi connectivity index (χ1n) is 1.02. The van der Waals surface area contributed by atoms with Gasteiger partial charge in [0.05, 0.1) is 0 Å². The maximum absolute atomic E-state index is 2.17.